The fraction of sp³-hybridized carbons (Fsp3) is 0.333. The number of hydrogen-bond donors (Lipinski definition) is 0. The summed E-state index contributed by atoms with van der Waals surface area (Å²) in [6.45, 7) is 7.17. The number of carbonyl (C=O) groups excluding carboxylic acids is 1. The molecule has 0 saturated carbocycles. The predicted molar refractivity (Wildman–Crippen MR) is 139 cm³/mol. The monoisotopic (exact) mass is 567 g/mol. The average molecular weight is 569 g/mol. The summed E-state index contributed by atoms with van der Waals surface area (Å²) in [5, 5.41) is 5.25. The zero-order valence-electron chi connectivity index (χ0n) is 19.1. The lowest BCUT2D eigenvalue weighted by Gasteiger charge is -2.14. The van der Waals surface area contributed by atoms with Crippen molar-refractivity contribution in [2.45, 2.75) is 46.1 Å². The Kier molecular flexibility index (Phi) is 8.73. The van der Waals surface area contributed by atoms with Crippen LogP contribution in [0.2, 0.25) is 10.0 Å². The van der Waals surface area contributed by atoms with Crippen molar-refractivity contribution in [1.82, 2.24) is 9.66 Å². The lowest BCUT2D eigenvalue weighted by atomic mass is 10.1. The number of rotatable bonds is 8. The molecule has 0 amide bonds. The van der Waals surface area contributed by atoms with Crippen molar-refractivity contribution in [3.63, 3.8) is 0 Å². The fourth-order valence-electron chi connectivity index (χ4n) is 3.12. The van der Waals surface area contributed by atoms with Gasteiger partial charge in [0.25, 0.3) is 5.56 Å². The molecule has 0 bridgehead atoms. The summed E-state index contributed by atoms with van der Waals surface area (Å²) in [4.78, 5) is 29.6. The van der Waals surface area contributed by atoms with Crippen molar-refractivity contribution < 1.29 is 14.3 Å². The first-order valence-corrected chi connectivity index (χ1v) is 12.2. The second-order valence-electron chi connectivity index (χ2n) is 7.94. The number of carbonyl (C=O) groups is 1. The molecular formula is C24H24BrCl2N3O4. The lowest BCUT2D eigenvalue weighted by Crippen LogP contribution is -2.23. The first-order chi connectivity index (χ1) is 16.1. The molecule has 0 aliphatic heterocycles. The van der Waals surface area contributed by atoms with Crippen LogP contribution in [0.5, 0.6) is 5.75 Å². The van der Waals surface area contributed by atoms with E-state index in [4.69, 9.17) is 32.7 Å². The van der Waals surface area contributed by atoms with Gasteiger partial charge in [-0.05, 0) is 56.2 Å². The number of aromatic nitrogens is 2. The third kappa shape index (κ3) is 6.17. The van der Waals surface area contributed by atoms with Crippen molar-refractivity contribution in [2.75, 3.05) is 6.61 Å². The number of fused-ring (bicyclic) bond motifs is 1. The SMILES string of the molecule is CC[C@@H](C)c1nc2ccc(Br)cc2c(=O)n1N=Cc1cc(Cl)c(OCC(=O)OC(C)C)c(Cl)c1. The standard InChI is InChI=1S/C24H24BrCl2N3O4/c1-5-14(4)23-29-20-7-6-16(25)10-17(20)24(32)30(23)28-11-15-8-18(26)22(19(27)9-15)33-12-21(31)34-13(2)3/h6-11,13-14H,5,12H2,1-4H3/t14-/m1/s1. The number of ether oxygens (including phenoxy) is 2. The molecule has 0 N–H and O–H groups in total. The van der Waals surface area contributed by atoms with Gasteiger partial charge in [-0.2, -0.15) is 9.78 Å². The minimum Gasteiger partial charge on any atom is -0.479 e. The van der Waals surface area contributed by atoms with Crippen LogP contribution in [0.15, 0.2) is 44.7 Å². The second kappa shape index (κ2) is 11.3. The minimum atomic E-state index is -0.528. The molecule has 3 aromatic rings. The van der Waals surface area contributed by atoms with Gasteiger partial charge in [0.2, 0.25) is 0 Å². The minimum absolute atomic E-state index is 0.00597. The van der Waals surface area contributed by atoms with Crippen molar-refractivity contribution in [3.8, 4) is 5.75 Å². The van der Waals surface area contributed by atoms with E-state index in [0.29, 0.717) is 22.3 Å². The molecular weight excluding hydrogens is 545 g/mol. The topological polar surface area (TPSA) is 82.8 Å². The van der Waals surface area contributed by atoms with Crippen LogP contribution >= 0.6 is 39.1 Å². The van der Waals surface area contributed by atoms with Gasteiger partial charge in [-0.3, -0.25) is 4.79 Å². The Balaban J connectivity index is 1.96. The fourth-order valence-corrected chi connectivity index (χ4v) is 4.10. The zero-order valence-corrected chi connectivity index (χ0v) is 22.2. The van der Waals surface area contributed by atoms with Crippen LogP contribution in [0.1, 0.15) is 51.4 Å². The first-order valence-electron chi connectivity index (χ1n) is 10.7. The Bertz CT molecular complexity index is 1280. The molecule has 0 aliphatic rings. The molecule has 1 aromatic heterocycles. The van der Waals surface area contributed by atoms with Gasteiger partial charge in [-0.25, -0.2) is 9.78 Å². The third-order valence-corrected chi connectivity index (χ3v) is 5.99. The first kappa shape index (κ1) is 26.2. The van der Waals surface area contributed by atoms with Gasteiger partial charge in [0, 0.05) is 10.4 Å². The molecule has 0 radical (unpaired) electrons. The number of hydrogen-bond acceptors (Lipinski definition) is 6. The number of nitrogens with zero attached hydrogens (tertiary/aromatic N) is 3. The largest absolute Gasteiger partial charge is 0.479 e. The molecule has 0 fully saturated rings. The van der Waals surface area contributed by atoms with Gasteiger partial charge < -0.3 is 9.47 Å². The molecule has 10 heteroatoms. The predicted octanol–water partition coefficient (Wildman–Crippen LogP) is 6.19. The van der Waals surface area contributed by atoms with E-state index in [1.54, 1.807) is 38.1 Å². The highest BCUT2D eigenvalue weighted by atomic mass is 79.9. The van der Waals surface area contributed by atoms with E-state index in [-0.39, 0.29) is 40.0 Å². The molecule has 1 heterocycles. The van der Waals surface area contributed by atoms with Crippen LogP contribution in [0.4, 0.5) is 0 Å². The number of benzene rings is 2. The van der Waals surface area contributed by atoms with E-state index in [9.17, 15) is 9.59 Å². The molecule has 34 heavy (non-hydrogen) atoms. The van der Waals surface area contributed by atoms with E-state index in [1.807, 2.05) is 19.9 Å². The van der Waals surface area contributed by atoms with Crippen molar-refractivity contribution in [1.29, 1.82) is 0 Å². The van der Waals surface area contributed by atoms with Gasteiger partial charge in [0.15, 0.2) is 12.4 Å². The maximum Gasteiger partial charge on any atom is 0.344 e. The summed E-state index contributed by atoms with van der Waals surface area (Å²) in [6.07, 6.45) is 2.01. The summed E-state index contributed by atoms with van der Waals surface area (Å²) >= 11 is 16.1. The Morgan fingerprint density at radius 2 is 1.88 bits per heavy atom. The van der Waals surface area contributed by atoms with Gasteiger partial charge in [0.05, 0.1) is 33.3 Å². The average Bonchev–Trinajstić information content (AvgIpc) is 2.77. The maximum absolute atomic E-state index is 13.2. The normalized spacial score (nSPS) is 12.5. The highest BCUT2D eigenvalue weighted by Gasteiger charge is 2.16. The Morgan fingerprint density at radius 1 is 1.21 bits per heavy atom. The molecule has 0 spiro atoms. The lowest BCUT2D eigenvalue weighted by molar-refractivity contribution is -0.149. The van der Waals surface area contributed by atoms with Gasteiger partial charge in [0.1, 0.15) is 5.82 Å². The molecule has 0 saturated heterocycles. The summed E-state index contributed by atoms with van der Waals surface area (Å²) < 4.78 is 12.6. The molecule has 1 atom stereocenters. The van der Waals surface area contributed by atoms with Crippen LogP contribution < -0.4 is 10.3 Å². The molecule has 0 aliphatic carbocycles. The number of esters is 1. The van der Waals surface area contributed by atoms with Gasteiger partial charge in [-0.1, -0.05) is 53.0 Å². The van der Waals surface area contributed by atoms with E-state index < -0.39 is 5.97 Å². The van der Waals surface area contributed by atoms with E-state index in [1.165, 1.54) is 10.9 Å². The Hall–Kier alpha value is -2.42. The molecule has 2 aromatic carbocycles. The van der Waals surface area contributed by atoms with Crippen LogP contribution in [0.3, 0.4) is 0 Å². The molecule has 180 valence electrons. The van der Waals surface area contributed by atoms with E-state index in [2.05, 4.69) is 26.0 Å². The van der Waals surface area contributed by atoms with E-state index in [0.717, 1.165) is 10.9 Å². The molecule has 0 unspecified atom stereocenters. The Morgan fingerprint density at radius 3 is 2.50 bits per heavy atom. The van der Waals surface area contributed by atoms with Crippen LogP contribution in [-0.2, 0) is 9.53 Å². The van der Waals surface area contributed by atoms with Crippen LogP contribution in [-0.4, -0.2) is 34.6 Å². The second-order valence-corrected chi connectivity index (χ2v) is 9.67. The van der Waals surface area contributed by atoms with E-state index >= 15 is 0 Å². The summed E-state index contributed by atoms with van der Waals surface area (Å²) in [7, 11) is 0. The van der Waals surface area contributed by atoms with Crippen molar-refractivity contribution in [3.05, 3.63) is 66.6 Å². The summed E-state index contributed by atoms with van der Waals surface area (Å²) in [5.41, 5.74) is 0.876. The third-order valence-electron chi connectivity index (χ3n) is 4.93. The summed E-state index contributed by atoms with van der Waals surface area (Å²) in [5.74, 6) is 0.196. The van der Waals surface area contributed by atoms with Gasteiger partial charge in [-0.15, -0.1) is 0 Å². The van der Waals surface area contributed by atoms with Crippen LogP contribution in [0, 0.1) is 0 Å². The highest BCUT2D eigenvalue weighted by Crippen LogP contribution is 2.34. The quantitative estimate of drug-likeness (QED) is 0.239. The maximum atomic E-state index is 13.2. The molecule has 3 rings (SSSR count). The Labute approximate surface area is 215 Å². The van der Waals surface area contributed by atoms with Crippen molar-refractivity contribution in [2.24, 2.45) is 5.10 Å². The smallest absolute Gasteiger partial charge is 0.344 e. The van der Waals surface area contributed by atoms with Gasteiger partial charge >= 0.3 is 5.97 Å². The molecule has 7 nitrogen and oxygen atoms in total. The van der Waals surface area contributed by atoms with Crippen LogP contribution in [0.25, 0.3) is 10.9 Å². The zero-order chi connectivity index (χ0) is 25.0. The highest BCUT2D eigenvalue weighted by molar-refractivity contribution is 9.10. The number of halogens is 3. The summed E-state index contributed by atoms with van der Waals surface area (Å²) in [6, 6.07) is 8.54. The van der Waals surface area contributed by atoms with Crippen molar-refractivity contribution >= 4 is 62.2 Å².